The Morgan fingerprint density at radius 2 is 1.90 bits per heavy atom. The van der Waals surface area contributed by atoms with Crippen molar-refractivity contribution in [3.8, 4) is 11.5 Å². The van der Waals surface area contributed by atoms with Crippen LogP contribution in [0.3, 0.4) is 0 Å². The van der Waals surface area contributed by atoms with Crippen molar-refractivity contribution in [3.63, 3.8) is 0 Å². The fourth-order valence-corrected chi connectivity index (χ4v) is 3.21. The minimum Gasteiger partial charge on any atom is -0.507 e. The molecule has 1 saturated heterocycles. The van der Waals surface area contributed by atoms with Gasteiger partial charge in [-0.25, -0.2) is 0 Å². The molecule has 0 saturated carbocycles. The van der Waals surface area contributed by atoms with Crippen LogP contribution in [0.25, 0.3) is 11.0 Å². The predicted molar refractivity (Wildman–Crippen MR) is 97.6 cm³/mol. The molecule has 5 atom stereocenters. The molecule has 2 aromatic rings. The number of aliphatic hydroxyl groups is 3. The van der Waals surface area contributed by atoms with Crippen LogP contribution in [0.1, 0.15) is 18.2 Å². The largest absolute Gasteiger partial charge is 0.507 e. The molecule has 158 valence electrons. The van der Waals surface area contributed by atoms with Gasteiger partial charge >= 0.3 is 5.97 Å². The second-order valence-corrected chi connectivity index (χ2v) is 6.84. The topological polar surface area (TPSA) is 156 Å². The minimum atomic E-state index is -1.59. The fraction of sp³-hybridized carbons (Fsp3) is 0.474. The van der Waals surface area contributed by atoms with Crippen LogP contribution >= 0.6 is 0 Å². The van der Waals surface area contributed by atoms with Gasteiger partial charge in [0, 0.05) is 24.6 Å². The van der Waals surface area contributed by atoms with E-state index in [-0.39, 0.29) is 28.0 Å². The smallest absolute Gasteiger partial charge is 0.303 e. The molecular formula is C19H22O10. The van der Waals surface area contributed by atoms with Crippen LogP contribution in [0.4, 0.5) is 0 Å². The van der Waals surface area contributed by atoms with Crippen LogP contribution in [0, 0.1) is 13.8 Å². The third-order valence-corrected chi connectivity index (χ3v) is 4.69. The maximum atomic E-state index is 12.2. The van der Waals surface area contributed by atoms with E-state index in [0.29, 0.717) is 5.76 Å². The average Bonchev–Trinajstić information content (AvgIpc) is 2.64. The van der Waals surface area contributed by atoms with Gasteiger partial charge in [0.15, 0.2) is 11.5 Å². The lowest BCUT2D eigenvalue weighted by molar-refractivity contribution is -0.281. The first kappa shape index (κ1) is 21.1. The summed E-state index contributed by atoms with van der Waals surface area (Å²) in [5.41, 5.74) is -0.186. The lowest BCUT2D eigenvalue weighted by Gasteiger charge is -2.41. The van der Waals surface area contributed by atoms with Crippen LogP contribution in [-0.4, -0.2) is 63.7 Å². The molecule has 0 bridgehead atoms. The van der Waals surface area contributed by atoms with Gasteiger partial charge in [-0.1, -0.05) is 0 Å². The number of rotatable bonds is 4. The van der Waals surface area contributed by atoms with Gasteiger partial charge in [0.25, 0.3) is 0 Å². The number of aromatic hydroxyl groups is 1. The molecule has 10 heteroatoms. The number of phenolic OH excluding ortho intramolecular Hbond substituents is 1. The van der Waals surface area contributed by atoms with Gasteiger partial charge in [-0.15, -0.1) is 0 Å². The second kappa shape index (κ2) is 7.99. The van der Waals surface area contributed by atoms with Gasteiger partial charge in [0.05, 0.1) is 6.61 Å². The molecule has 0 aliphatic carbocycles. The molecule has 0 amide bonds. The Balaban J connectivity index is 2.03. The zero-order valence-corrected chi connectivity index (χ0v) is 16.0. The molecule has 1 aliphatic heterocycles. The van der Waals surface area contributed by atoms with Crippen molar-refractivity contribution in [2.75, 3.05) is 6.61 Å². The Hall–Kier alpha value is -2.66. The lowest BCUT2D eigenvalue weighted by Crippen LogP contribution is -2.61. The molecule has 0 unspecified atom stereocenters. The standard InChI is InChI=1S/C19H22O10/c1-7-4-10(22)14-12(26-7)5-11(8(2)15(14)23)28-19-18(27-9(3)21)17(25)16(24)13(6-20)29-19/h4-5,13,16-20,23-25H,6H2,1-3H3/t13-,16-,17+,18-,19-/m1/s1. The highest BCUT2D eigenvalue weighted by atomic mass is 16.7. The summed E-state index contributed by atoms with van der Waals surface area (Å²) in [7, 11) is 0. The van der Waals surface area contributed by atoms with Crippen LogP contribution in [-0.2, 0) is 14.3 Å². The summed E-state index contributed by atoms with van der Waals surface area (Å²) in [6.07, 6.45) is -7.13. The van der Waals surface area contributed by atoms with Crippen molar-refractivity contribution < 1.29 is 43.8 Å². The molecular weight excluding hydrogens is 388 g/mol. The summed E-state index contributed by atoms with van der Waals surface area (Å²) < 4.78 is 21.7. The molecule has 0 spiro atoms. The number of benzene rings is 1. The number of hydrogen-bond donors (Lipinski definition) is 4. The molecule has 4 N–H and O–H groups in total. The van der Waals surface area contributed by atoms with Crippen LogP contribution < -0.4 is 10.2 Å². The summed E-state index contributed by atoms with van der Waals surface area (Å²) in [5, 5.41) is 40.1. The molecule has 2 heterocycles. The number of carbonyl (C=O) groups excluding carboxylic acids is 1. The lowest BCUT2D eigenvalue weighted by atomic mass is 9.99. The summed E-state index contributed by atoms with van der Waals surface area (Å²) in [4.78, 5) is 23.6. The normalized spacial score (nSPS) is 27.0. The van der Waals surface area contributed by atoms with E-state index in [1.165, 1.54) is 19.1 Å². The third kappa shape index (κ3) is 3.92. The number of hydrogen-bond acceptors (Lipinski definition) is 10. The van der Waals surface area contributed by atoms with Gasteiger partial charge in [-0.3, -0.25) is 9.59 Å². The molecule has 3 rings (SSSR count). The monoisotopic (exact) mass is 410 g/mol. The van der Waals surface area contributed by atoms with E-state index in [2.05, 4.69) is 0 Å². The summed E-state index contributed by atoms with van der Waals surface area (Å²) >= 11 is 0. The quantitative estimate of drug-likeness (QED) is 0.501. The molecule has 10 nitrogen and oxygen atoms in total. The van der Waals surface area contributed by atoms with E-state index in [1.54, 1.807) is 6.92 Å². The van der Waals surface area contributed by atoms with E-state index in [4.69, 9.17) is 18.6 Å². The van der Waals surface area contributed by atoms with Crippen LogP contribution in [0.2, 0.25) is 0 Å². The number of fused-ring (bicyclic) bond motifs is 1. The first-order valence-electron chi connectivity index (χ1n) is 8.87. The molecule has 1 fully saturated rings. The highest BCUT2D eigenvalue weighted by Gasteiger charge is 2.47. The minimum absolute atomic E-state index is 0.0229. The summed E-state index contributed by atoms with van der Waals surface area (Å²) in [5.74, 6) is -0.750. The van der Waals surface area contributed by atoms with E-state index in [0.717, 1.165) is 6.92 Å². The molecule has 1 aromatic heterocycles. The fourth-order valence-electron chi connectivity index (χ4n) is 3.21. The Bertz CT molecular complexity index is 981. The average molecular weight is 410 g/mol. The highest BCUT2D eigenvalue weighted by molar-refractivity contribution is 5.86. The van der Waals surface area contributed by atoms with Gasteiger partial charge in [0.1, 0.15) is 46.5 Å². The number of phenols is 1. The van der Waals surface area contributed by atoms with Crippen LogP contribution in [0.15, 0.2) is 21.3 Å². The first-order valence-corrected chi connectivity index (χ1v) is 8.87. The van der Waals surface area contributed by atoms with Crippen LogP contribution in [0.5, 0.6) is 11.5 Å². The second-order valence-electron chi connectivity index (χ2n) is 6.84. The maximum absolute atomic E-state index is 12.2. The predicted octanol–water partition coefficient (Wildman–Crippen LogP) is -0.135. The molecule has 29 heavy (non-hydrogen) atoms. The Kier molecular flexibility index (Phi) is 5.80. The van der Waals surface area contributed by atoms with Crippen molar-refractivity contribution in [1.29, 1.82) is 0 Å². The van der Waals surface area contributed by atoms with Crippen molar-refractivity contribution in [3.05, 3.63) is 33.7 Å². The van der Waals surface area contributed by atoms with E-state index in [9.17, 15) is 30.0 Å². The Labute approximate surface area is 164 Å². The summed E-state index contributed by atoms with van der Waals surface area (Å²) in [6.45, 7) is 3.55. The van der Waals surface area contributed by atoms with E-state index < -0.39 is 48.7 Å². The van der Waals surface area contributed by atoms with Crippen molar-refractivity contribution in [2.45, 2.75) is 51.5 Å². The van der Waals surface area contributed by atoms with Crippen molar-refractivity contribution >= 4 is 16.9 Å². The van der Waals surface area contributed by atoms with Gasteiger partial charge in [-0.2, -0.15) is 0 Å². The Morgan fingerprint density at radius 1 is 1.21 bits per heavy atom. The highest BCUT2D eigenvalue weighted by Crippen LogP contribution is 2.36. The molecule has 1 aromatic carbocycles. The van der Waals surface area contributed by atoms with Gasteiger partial charge in [-0.05, 0) is 13.8 Å². The summed E-state index contributed by atoms with van der Waals surface area (Å²) in [6, 6.07) is 2.60. The maximum Gasteiger partial charge on any atom is 0.303 e. The molecule has 1 aliphatic rings. The van der Waals surface area contributed by atoms with Gasteiger partial charge in [0.2, 0.25) is 6.29 Å². The zero-order chi connectivity index (χ0) is 21.5. The van der Waals surface area contributed by atoms with Crippen molar-refractivity contribution in [2.24, 2.45) is 0 Å². The van der Waals surface area contributed by atoms with Crippen molar-refractivity contribution in [1.82, 2.24) is 0 Å². The first-order chi connectivity index (χ1) is 13.6. The molecule has 0 radical (unpaired) electrons. The van der Waals surface area contributed by atoms with Gasteiger partial charge < -0.3 is 39.1 Å². The number of esters is 1. The number of ether oxygens (including phenoxy) is 3. The van der Waals surface area contributed by atoms with E-state index in [1.807, 2.05) is 0 Å². The third-order valence-electron chi connectivity index (χ3n) is 4.69. The number of aliphatic hydroxyl groups excluding tert-OH is 3. The zero-order valence-electron chi connectivity index (χ0n) is 16.0. The number of aryl methyl sites for hydroxylation is 1. The Morgan fingerprint density at radius 3 is 2.52 bits per heavy atom. The SMILES string of the molecule is CC(=O)O[C@H]1[C@H](Oc2cc3oc(C)cc(=O)c3c(O)c2C)O[C@H](CO)[C@@H](O)[C@@H]1O. The van der Waals surface area contributed by atoms with E-state index >= 15 is 0 Å². The number of carbonyl (C=O) groups is 1.